The van der Waals surface area contributed by atoms with Gasteiger partial charge in [-0.2, -0.15) is 0 Å². The fourth-order valence-electron chi connectivity index (χ4n) is 2.15. The molecule has 0 aromatic carbocycles. The van der Waals surface area contributed by atoms with Crippen molar-refractivity contribution in [3.63, 3.8) is 0 Å². The number of thiophene rings is 1. The van der Waals surface area contributed by atoms with Gasteiger partial charge in [-0.3, -0.25) is 0 Å². The van der Waals surface area contributed by atoms with E-state index in [-0.39, 0.29) is 0 Å². The minimum absolute atomic E-state index is 0.375. The van der Waals surface area contributed by atoms with Crippen LogP contribution in [0.15, 0.2) is 15.9 Å². The van der Waals surface area contributed by atoms with Crippen LogP contribution in [0.5, 0.6) is 0 Å². The molecule has 0 amide bonds. The van der Waals surface area contributed by atoms with E-state index >= 15 is 0 Å². The number of anilines is 1. The van der Waals surface area contributed by atoms with Crippen molar-refractivity contribution >= 4 is 43.7 Å². The zero-order chi connectivity index (χ0) is 15.4. The fourth-order valence-corrected chi connectivity index (χ4v) is 4.71. The molecule has 3 nitrogen and oxygen atoms in total. The zero-order valence-corrected chi connectivity index (χ0v) is 16.2. The third kappa shape index (κ3) is 4.52. The molecule has 2 aromatic rings. The van der Waals surface area contributed by atoms with Gasteiger partial charge in [-0.15, -0.1) is 22.7 Å². The lowest BCUT2D eigenvalue weighted by Crippen LogP contribution is -2.18. The largest absolute Gasteiger partial charge is 0.346 e. The Morgan fingerprint density at radius 2 is 2.24 bits per heavy atom. The van der Waals surface area contributed by atoms with Gasteiger partial charge in [0.25, 0.3) is 0 Å². The van der Waals surface area contributed by atoms with Gasteiger partial charge >= 0.3 is 0 Å². The SMILES string of the molecule is CCCNC(C)c1sc(N(C)Cc2cc(Br)cs2)nc1C. The summed E-state index contributed by atoms with van der Waals surface area (Å²) >= 11 is 7.08. The second-order valence-corrected chi connectivity index (χ2v) is 8.13. The average molecular weight is 388 g/mol. The topological polar surface area (TPSA) is 28.2 Å². The van der Waals surface area contributed by atoms with Gasteiger partial charge < -0.3 is 10.2 Å². The van der Waals surface area contributed by atoms with Crippen molar-refractivity contribution in [2.45, 2.75) is 39.8 Å². The van der Waals surface area contributed by atoms with Crippen LogP contribution in [0.25, 0.3) is 0 Å². The number of nitrogens with zero attached hydrogens (tertiary/aromatic N) is 2. The predicted molar refractivity (Wildman–Crippen MR) is 97.7 cm³/mol. The Balaban J connectivity index is 2.06. The number of thiazole rings is 1. The summed E-state index contributed by atoms with van der Waals surface area (Å²) < 4.78 is 1.16. The molecular formula is C15H22BrN3S2. The number of hydrogen-bond acceptors (Lipinski definition) is 5. The molecule has 6 heteroatoms. The quantitative estimate of drug-likeness (QED) is 0.726. The molecule has 21 heavy (non-hydrogen) atoms. The number of hydrogen-bond donors (Lipinski definition) is 1. The molecule has 116 valence electrons. The van der Waals surface area contributed by atoms with Crippen LogP contribution >= 0.6 is 38.6 Å². The van der Waals surface area contributed by atoms with Gasteiger partial charge in [0.05, 0.1) is 12.2 Å². The third-order valence-electron chi connectivity index (χ3n) is 3.26. The van der Waals surface area contributed by atoms with Crippen molar-refractivity contribution in [3.8, 4) is 0 Å². The Labute approximate surface area is 143 Å². The van der Waals surface area contributed by atoms with E-state index in [4.69, 9.17) is 4.98 Å². The zero-order valence-electron chi connectivity index (χ0n) is 12.9. The van der Waals surface area contributed by atoms with E-state index in [1.807, 2.05) is 0 Å². The maximum absolute atomic E-state index is 4.74. The lowest BCUT2D eigenvalue weighted by Gasteiger charge is -2.14. The van der Waals surface area contributed by atoms with E-state index in [0.29, 0.717) is 6.04 Å². The van der Waals surface area contributed by atoms with E-state index in [1.54, 1.807) is 22.7 Å². The summed E-state index contributed by atoms with van der Waals surface area (Å²) in [5.41, 5.74) is 1.14. The van der Waals surface area contributed by atoms with Crippen molar-refractivity contribution in [2.24, 2.45) is 0 Å². The molecule has 0 saturated heterocycles. The normalized spacial score (nSPS) is 12.6. The maximum Gasteiger partial charge on any atom is 0.185 e. The molecule has 2 heterocycles. The molecule has 0 aliphatic carbocycles. The van der Waals surface area contributed by atoms with Crippen LogP contribution in [0.1, 0.15) is 41.8 Å². The molecular weight excluding hydrogens is 366 g/mol. The molecule has 0 aliphatic heterocycles. The fraction of sp³-hybridized carbons (Fsp3) is 0.533. The highest BCUT2D eigenvalue weighted by molar-refractivity contribution is 9.10. The molecule has 1 unspecified atom stereocenters. The second kappa shape index (κ2) is 7.72. The van der Waals surface area contributed by atoms with Crippen LogP contribution in [0, 0.1) is 6.92 Å². The Morgan fingerprint density at radius 3 is 2.86 bits per heavy atom. The molecule has 0 aliphatic rings. The van der Waals surface area contributed by atoms with E-state index in [0.717, 1.165) is 34.8 Å². The number of nitrogens with one attached hydrogen (secondary N) is 1. The van der Waals surface area contributed by atoms with Crippen molar-refractivity contribution in [2.75, 3.05) is 18.5 Å². The molecule has 1 atom stereocenters. The van der Waals surface area contributed by atoms with Crippen LogP contribution in [0.3, 0.4) is 0 Å². The standard InChI is InChI=1S/C15H22BrN3S2/c1-5-6-17-10(2)14-11(3)18-15(21-14)19(4)8-13-7-12(16)9-20-13/h7,9-10,17H,5-6,8H2,1-4H3. The van der Waals surface area contributed by atoms with Crippen molar-refractivity contribution in [1.82, 2.24) is 10.3 Å². The Hall–Kier alpha value is -0.430. The highest BCUT2D eigenvalue weighted by Crippen LogP contribution is 2.31. The van der Waals surface area contributed by atoms with Crippen LogP contribution in [-0.4, -0.2) is 18.6 Å². The molecule has 2 aromatic heterocycles. The molecule has 0 spiro atoms. The first-order valence-corrected chi connectivity index (χ1v) is 9.65. The molecule has 0 bridgehead atoms. The van der Waals surface area contributed by atoms with E-state index in [9.17, 15) is 0 Å². The summed E-state index contributed by atoms with van der Waals surface area (Å²) in [6, 6.07) is 2.55. The van der Waals surface area contributed by atoms with Crippen molar-refractivity contribution in [3.05, 3.63) is 31.4 Å². The van der Waals surface area contributed by atoms with Gasteiger partial charge in [0.15, 0.2) is 5.13 Å². The first kappa shape index (κ1) is 16.9. The van der Waals surface area contributed by atoms with Crippen LogP contribution in [0.2, 0.25) is 0 Å². The number of aryl methyl sites for hydroxylation is 1. The summed E-state index contributed by atoms with van der Waals surface area (Å²) in [7, 11) is 2.11. The molecule has 0 fully saturated rings. The third-order valence-corrected chi connectivity index (χ3v) is 6.39. The van der Waals surface area contributed by atoms with Gasteiger partial charge in [-0.05, 0) is 48.8 Å². The average Bonchev–Trinajstić information content (AvgIpc) is 3.02. The van der Waals surface area contributed by atoms with Gasteiger partial charge in [0.1, 0.15) is 0 Å². The van der Waals surface area contributed by atoms with Crippen LogP contribution in [-0.2, 0) is 6.54 Å². The lowest BCUT2D eigenvalue weighted by atomic mass is 10.2. The Bertz CT molecular complexity index is 579. The number of halogens is 1. The predicted octanol–water partition coefficient (Wildman–Crippen LogP) is 4.97. The van der Waals surface area contributed by atoms with Crippen molar-refractivity contribution in [1.29, 1.82) is 0 Å². The van der Waals surface area contributed by atoms with Gasteiger partial charge in [0.2, 0.25) is 0 Å². The number of aromatic nitrogens is 1. The van der Waals surface area contributed by atoms with E-state index in [1.165, 1.54) is 9.75 Å². The summed E-state index contributed by atoms with van der Waals surface area (Å²) in [6.45, 7) is 8.47. The minimum atomic E-state index is 0.375. The van der Waals surface area contributed by atoms with Crippen LogP contribution < -0.4 is 10.2 Å². The van der Waals surface area contributed by atoms with Crippen molar-refractivity contribution < 1.29 is 0 Å². The Morgan fingerprint density at radius 1 is 1.48 bits per heavy atom. The first-order chi connectivity index (χ1) is 10.0. The van der Waals surface area contributed by atoms with E-state index < -0.39 is 0 Å². The first-order valence-electron chi connectivity index (χ1n) is 7.16. The van der Waals surface area contributed by atoms with Crippen LogP contribution in [0.4, 0.5) is 5.13 Å². The van der Waals surface area contributed by atoms with Gasteiger partial charge in [-0.1, -0.05) is 6.92 Å². The minimum Gasteiger partial charge on any atom is -0.346 e. The highest BCUT2D eigenvalue weighted by atomic mass is 79.9. The Kier molecular flexibility index (Phi) is 6.22. The lowest BCUT2D eigenvalue weighted by molar-refractivity contribution is 0.575. The van der Waals surface area contributed by atoms with E-state index in [2.05, 4.69) is 65.4 Å². The van der Waals surface area contributed by atoms with Gasteiger partial charge in [0, 0.05) is 32.7 Å². The smallest absolute Gasteiger partial charge is 0.185 e. The monoisotopic (exact) mass is 387 g/mol. The molecule has 0 saturated carbocycles. The molecule has 2 rings (SSSR count). The summed E-state index contributed by atoms with van der Waals surface area (Å²) in [5, 5.41) is 6.76. The molecule has 1 N–H and O–H groups in total. The number of rotatable bonds is 7. The highest BCUT2D eigenvalue weighted by Gasteiger charge is 2.16. The maximum atomic E-state index is 4.74. The summed E-state index contributed by atoms with van der Waals surface area (Å²) in [5.74, 6) is 0. The summed E-state index contributed by atoms with van der Waals surface area (Å²) in [6.07, 6.45) is 1.15. The second-order valence-electron chi connectivity index (χ2n) is 5.21. The summed E-state index contributed by atoms with van der Waals surface area (Å²) in [4.78, 5) is 9.66. The van der Waals surface area contributed by atoms with Gasteiger partial charge in [-0.25, -0.2) is 4.98 Å². The molecule has 0 radical (unpaired) electrons.